The van der Waals surface area contributed by atoms with Gasteiger partial charge in [-0.1, -0.05) is 54.6 Å². The van der Waals surface area contributed by atoms with Gasteiger partial charge in [0.15, 0.2) is 0 Å². The van der Waals surface area contributed by atoms with Crippen LogP contribution >= 0.6 is 0 Å². The van der Waals surface area contributed by atoms with Crippen molar-refractivity contribution in [3.05, 3.63) is 77.6 Å². The number of aliphatic hydroxyl groups is 1. The van der Waals surface area contributed by atoms with E-state index in [9.17, 15) is 9.50 Å². The molecule has 0 aliphatic carbocycles. The molecular formula is C15H13FO. The maximum Gasteiger partial charge on any atom is 0.123 e. The van der Waals surface area contributed by atoms with Gasteiger partial charge in [0.25, 0.3) is 0 Å². The molecule has 0 heterocycles. The van der Waals surface area contributed by atoms with Crippen molar-refractivity contribution < 1.29 is 9.50 Å². The largest absolute Gasteiger partial charge is 0.384 e. The first-order valence-corrected chi connectivity index (χ1v) is 5.42. The zero-order valence-corrected chi connectivity index (χ0v) is 9.25. The molecule has 2 heteroatoms. The van der Waals surface area contributed by atoms with E-state index in [0.717, 1.165) is 5.56 Å². The molecule has 0 radical (unpaired) electrons. The van der Waals surface area contributed by atoms with Crippen LogP contribution in [0.1, 0.15) is 17.2 Å². The summed E-state index contributed by atoms with van der Waals surface area (Å²) in [4.78, 5) is 0. The number of hydrogen-bond acceptors (Lipinski definition) is 1. The molecule has 1 N–H and O–H groups in total. The Balaban J connectivity index is 2.09. The van der Waals surface area contributed by atoms with Crippen LogP contribution in [0, 0.1) is 5.82 Å². The van der Waals surface area contributed by atoms with Gasteiger partial charge in [0, 0.05) is 0 Å². The van der Waals surface area contributed by atoms with Crippen LogP contribution in [-0.2, 0) is 0 Å². The zero-order valence-electron chi connectivity index (χ0n) is 9.25. The first-order chi connectivity index (χ1) is 8.25. The van der Waals surface area contributed by atoms with Crippen molar-refractivity contribution in [1.29, 1.82) is 0 Å². The summed E-state index contributed by atoms with van der Waals surface area (Å²) in [5.74, 6) is -0.298. The van der Waals surface area contributed by atoms with Crippen LogP contribution in [0.3, 0.4) is 0 Å². The fraction of sp³-hybridized carbons (Fsp3) is 0.0667. The second kappa shape index (κ2) is 5.41. The zero-order chi connectivity index (χ0) is 12.1. The highest BCUT2D eigenvalue weighted by Crippen LogP contribution is 2.16. The van der Waals surface area contributed by atoms with Gasteiger partial charge < -0.3 is 5.11 Å². The fourth-order valence-corrected chi connectivity index (χ4v) is 1.54. The number of benzene rings is 2. The summed E-state index contributed by atoms with van der Waals surface area (Å²) in [6, 6.07) is 15.6. The Labute approximate surface area is 99.9 Å². The Morgan fingerprint density at radius 2 is 1.59 bits per heavy atom. The molecule has 1 nitrogen and oxygen atoms in total. The monoisotopic (exact) mass is 228 g/mol. The summed E-state index contributed by atoms with van der Waals surface area (Å²) in [5, 5.41) is 9.86. The van der Waals surface area contributed by atoms with Gasteiger partial charge in [-0.2, -0.15) is 0 Å². The fourth-order valence-electron chi connectivity index (χ4n) is 1.54. The number of aliphatic hydroxyl groups excluding tert-OH is 1. The summed E-state index contributed by atoms with van der Waals surface area (Å²) in [7, 11) is 0. The minimum atomic E-state index is -0.712. The van der Waals surface area contributed by atoms with Gasteiger partial charge in [0.2, 0.25) is 0 Å². The molecule has 86 valence electrons. The average molecular weight is 228 g/mol. The molecule has 0 aliphatic heterocycles. The van der Waals surface area contributed by atoms with Gasteiger partial charge >= 0.3 is 0 Å². The van der Waals surface area contributed by atoms with E-state index in [0.29, 0.717) is 5.56 Å². The second-order valence-corrected chi connectivity index (χ2v) is 3.77. The van der Waals surface area contributed by atoms with Crippen LogP contribution in [0.15, 0.2) is 60.7 Å². The summed E-state index contributed by atoms with van der Waals surface area (Å²) >= 11 is 0. The Bertz CT molecular complexity index is 488. The molecule has 0 unspecified atom stereocenters. The number of halogens is 1. The van der Waals surface area contributed by atoms with Crippen molar-refractivity contribution in [2.75, 3.05) is 0 Å². The maximum absolute atomic E-state index is 12.7. The minimum absolute atomic E-state index is 0.298. The van der Waals surface area contributed by atoms with Crippen LogP contribution in [-0.4, -0.2) is 5.11 Å². The smallest absolute Gasteiger partial charge is 0.123 e. The molecule has 1 atom stereocenters. The van der Waals surface area contributed by atoms with Crippen LogP contribution in [0.4, 0.5) is 4.39 Å². The Hall–Kier alpha value is -1.93. The predicted octanol–water partition coefficient (Wildman–Crippen LogP) is 3.57. The highest BCUT2D eigenvalue weighted by molar-refractivity contribution is 5.50. The first-order valence-electron chi connectivity index (χ1n) is 5.42. The van der Waals surface area contributed by atoms with Crippen LogP contribution in [0.2, 0.25) is 0 Å². The lowest BCUT2D eigenvalue weighted by atomic mass is 10.1. The third kappa shape index (κ3) is 3.26. The molecule has 0 amide bonds. The lowest BCUT2D eigenvalue weighted by Gasteiger charge is -2.05. The maximum atomic E-state index is 12.7. The summed E-state index contributed by atoms with van der Waals surface area (Å²) in [5.41, 5.74) is 1.70. The molecular weight excluding hydrogens is 215 g/mol. The van der Waals surface area contributed by atoms with Crippen molar-refractivity contribution >= 4 is 6.08 Å². The van der Waals surface area contributed by atoms with Gasteiger partial charge in [0.1, 0.15) is 5.82 Å². The molecule has 0 aliphatic rings. The highest BCUT2D eigenvalue weighted by Gasteiger charge is 2.02. The first kappa shape index (κ1) is 11.6. The van der Waals surface area contributed by atoms with E-state index < -0.39 is 6.10 Å². The Morgan fingerprint density at radius 1 is 0.941 bits per heavy atom. The molecule has 0 spiro atoms. The van der Waals surface area contributed by atoms with E-state index in [1.54, 1.807) is 18.2 Å². The molecule has 0 saturated heterocycles. The van der Waals surface area contributed by atoms with Crippen LogP contribution < -0.4 is 0 Å². The summed E-state index contributed by atoms with van der Waals surface area (Å²) in [6.07, 6.45) is 2.81. The van der Waals surface area contributed by atoms with E-state index in [2.05, 4.69) is 0 Å². The average Bonchev–Trinajstić information content (AvgIpc) is 2.38. The predicted molar refractivity (Wildman–Crippen MR) is 66.8 cm³/mol. The molecule has 2 rings (SSSR count). The molecule has 0 bridgehead atoms. The highest BCUT2D eigenvalue weighted by atomic mass is 19.1. The van der Waals surface area contributed by atoms with E-state index in [1.165, 1.54) is 12.1 Å². The Kier molecular flexibility index (Phi) is 3.68. The van der Waals surface area contributed by atoms with Crippen LogP contribution in [0.25, 0.3) is 6.08 Å². The Morgan fingerprint density at radius 3 is 2.24 bits per heavy atom. The van der Waals surface area contributed by atoms with Crippen LogP contribution in [0.5, 0.6) is 0 Å². The van der Waals surface area contributed by atoms with Crippen molar-refractivity contribution in [2.24, 2.45) is 0 Å². The van der Waals surface area contributed by atoms with Gasteiger partial charge in [-0.15, -0.1) is 0 Å². The van der Waals surface area contributed by atoms with E-state index in [4.69, 9.17) is 0 Å². The molecule has 2 aromatic rings. The van der Waals surface area contributed by atoms with Gasteiger partial charge in [-0.3, -0.25) is 0 Å². The van der Waals surface area contributed by atoms with Gasteiger partial charge in [0.05, 0.1) is 6.10 Å². The van der Waals surface area contributed by atoms with E-state index >= 15 is 0 Å². The lowest BCUT2D eigenvalue weighted by Crippen LogP contribution is -1.92. The van der Waals surface area contributed by atoms with Crippen molar-refractivity contribution in [3.8, 4) is 0 Å². The quantitative estimate of drug-likeness (QED) is 0.851. The van der Waals surface area contributed by atoms with E-state index in [-0.39, 0.29) is 5.82 Å². The normalized spacial score (nSPS) is 12.8. The van der Waals surface area contributed by atoms with Crippen molar-refractivity contribution in [2.45, 2.75) is 6.10 Å². The third-order valence-corrected chi connectivity index (χ3v) is 2.48. The SMILES string of the molecule is O[C@@H](/C=C/c1ccccc1)c1ccc(F)cc1. The lowest BCUT2D eigenvalue weighted by molar-refractivity contribution is 0.229. The summed E-state index contributed by atoms with van der Waals surface area (Å²) in [6.45, 7) is 0. The van der Waals surface area contributed by atoms with Crippen molar-refractivity contribution in [3.63, 3.8) is 0 Å². The minimum Gasteiger partial charge on any atom is -0.384 e. The number of rotatable bonds is 3. The molecule has 17 heavy (non-hydrogen) atoms. The van der Waals surface area contributed by atoms with Gasteiger partial charge in [-0.25, -0.2) is 4.39 Å². The molecule has 0 aromatic heterocycles. The van der Waals surface area contributed by atoms with Gasteiger partial charge in [-0.05, 0) is 23.3 Å². The van der Waals surface area contributed by atoms with E-state index in [1.807, 2.05) is 36.4 Å². The standard InChI is InChI=1S/C15H13FO/c16-14-9-7-13(8-10-14)15(17)11-6-12-4-2-1-3-5-12/h1-11,15,17H/b11-6+/t15-/m0/s1. The van der Waals surface area contributed by atoms with Crippen molar-refractivity contribution in [1.82, 2.24) is 0 Å². The third-order valence-electron chi connectivity index (χ3n) is 2.48. The topological polar surface area (TPSA) is 20.2 Å². The molecule has 0 fully saturated rings. The second-order valence-electron chi connectivity index (χ2n) is 3.77. The molecule has 2 aromatic carbocycles. The number of hydrogen-bond donors (Lipinski definition) is 1. The summed E-state index contributed by atoms with van der Waals surface area (Å²) < 4.78 is 12.7. The molecule has 0 saturated carbocycles.